The standard InChI is InChI=1S/C23H13BrNS.C15H10Br.2ClH.Zr/c24-19-11-12-20-18-10-9-16(23(18)19)14-5-7-15(8-6-14)25(20)21-13-26-22-4-2-1-3-17(21)22;16-14-8-4-7-12-9-10-13(15(12)14)11-5-2-1-3-6-11;;;/h1-8,10-13,16H;1-9,13H;2*1H;/q2*-1;;;+4/p-2. The number of benzene rings is 5. The van der Waals surface area contributed by atoms with Crippen LogP contribution >= 0.6 is 43.2 Å². The third kappa shape index (κ3) is 6.02. The Morgan fingerprint density at radius 3 is 2.07 bits per heavy atom. The van der Waals surface area contributed by atoms with E-state index in [9.17, 15) is 0 Å². The van der Waals surface area contributed by atoms with Gasteiger partial charge in [0.05, 0.1) is 5.69 Å². The van der Waals surface area contributed by atoms with E-state index >= 15 is 0 Å². The fraction of sp³-hybridized carbons (Fsp3) is 0.0526. The molecule has 0 spiro atoms. The molecule has 6 aromatic rings. The summed E-state index contributed by atoms with van der Waals surface area (Å²) in [6, 6.07) is 38.8. The van der Waals surface area contributed by atoms with Crippen molar-refractivity contribution in [1.29, 1.82) is 0 Å². The third-order valence-electron chi connectivity index (χ3n) is 8.23. The van der Waals surface area contributed by atoms with E-state index in [1.54, 1.807) is 11.3 Å². The summed E-state index contributed by atoms with van der Waals surface area (Å²) in [6.45, 7) is 0. The Balaban J connectivity index is 0.000000184. The van der Waals surface area contributed by atoms with Crippen molar-refractivity contribution >= 4 is 82.5 Å². The van der Waals surface area contributed by atoms with Crippen molar-refractivity contribution in [2.24, 2.45) is 0 Å². The molecule has 0 saturated heterocycles. The molecule has 1 nitrogen and oxygen atoms in total. The molecule has 5 aromatic carbocycles. The molecule has 6 bridgehead atoms. The number of anilines is 3. The predicted molar refractivity (Wildman–Crippen MR) is 184 cm³/mol. The van der Waals surface area contributed by atoms with Crippen molar-refractivity contribution in [3.05, 3.63) is 169 Å². The van der Waals surface area contributed by atoms with Gasteiger partial charge in [-0.1, -0.05) is 134 Å². The van der Waals surface area contributed by atoms with E-state index in [4.69, 9.17) is 0 Å². The van der Waals surface area contributed by atoms with Crippen LogP contribution in [0.4, 0.5) is 17.1 Å². The fourth-order valence-corrected chi connectivity index (χ4v) is 8.37. The zero-order chi connectivity index (χ0) is 28.2. The van der Waals surface area contributed by atoms with Gasteiger partial charge in [0.25, 0.3) is 0 Å². The number of allylic oxidation sites excluding steroid dienone is 2. The Labute approximate surface area is 316 Å². The first kappa shape index (κ1) is 34.1. The third-order valence-corrected chi connectivity index (χ3v) is 10.6. The minimum Gasteiger partial charge on any atom is -1.00 e. The van der Waals surface area contributed by atoms with Crippen molar-refractivity contribution in [3.63, 3.8) is 0 Å². The first-order valence-electron chi connectivity index (χ1n) is 13.9. The van der Waals surface area contributed by atoms with Gasteiger partial charge in [-0.25, -0.2) is 12.2 Å². The largest absolute Gasteiger partial charge is 4.00 e. The second-order valence-electron chi connectivity index (χ2n) is 10.6. The van der Waals surface area contributed by atoms with Gasteiger partial charge in [0, 0.05) is 30.1 Å². The number of thiophene rings is 1. The normalized spacial score (nSPS) is 15.9. The van der Waals surface area contributed by atoms with E-state index in [-0.39, 0.29) is 62.9 Å². The Morgan fingerprint density at radius 2 is 1.27 bits per heavy atom. The Bertz CT molecular complexity index is 2040. The maximum Gasteiger partial charge on any atom is 4.00 e. The molecule has 2 atom stereocenters. The number of rotatable bonds is 2. The van der Waals surface area contributed by atoms with E-state index in [1.165, 1.54) is 65.0 Å². The smallest absolute Gasteiger partial charge is 1.00 e. The summed E-state index contributed by atoms with van der Waals surface area (Å²) < 4.78 is 3.63. The molecule has 2 aliphatic carbocycles. The molecule has 45 heavy (non-hydrogen) atoms. The monoisotopic (exact) mass is 843 g/mol. The van der Waals surface area contributed by atoms with Gasteiger partial charge in [0.15, 0.2) is 0 Å². The molecular weight excluding hydrogens is 824 g/mol. The van der Waals surface area contributed by atoms with Crippen LogP contribution < -0.4 is 29.7 Å². The van der Waals surface area contributed by atoms with Gasteiger partial charge in [0.2, 0.25) is 0 Å². The number of fused-ring (bicyclic) bond motifs is 4. The molecule has 1 aromatic heterocycles. The van der Waals surface area contributed by atoms with Crippen LogP contribution in [-0.2, 0) is 26.2 Å². The average Bonchev–Trinajstić information content (AvgIpc) is 3.79. The summed E-state index contributed by atoms with van der Waals surface area (Å²) in [7, 11) is 0. The number of nitrogens with zero attached hydrogens (tertiary/aromatic N) is 1. The van der Waals surface area contributed by atoms with E-state index in [2.05, 4.69) is 170 Å². The molecule has 0 fully saturated rings. The van der Waals surface area contributed by atoms with Crippen molar-refractivity contribution in [2.45, 2.75) is 11.8 Å². The summed E-state index contributed by atoms with van der Waals surface area (Å²) in [5.41, 5.74) is 11.4. The predicted octanol–water partition coefficient (Wildman–Crippen LogP) is 5.83. The zero-order valence-electron chi connectivity index (χ0n) is 23.6. The van der Waals surface area contributed by atoms with Crippen LogP contribution in [0.5, 0.6) is 0 Å². The summed E-state index contributed by atoms with van der Waals surface area (Å²) in [5.74, 6) is 0.472. The molecule has 0 radical (unpaired) electrons. The first-order chi connectivity index (χ1) is 20.7. The van der Waals surface area contributed by atoms with Crippen molar-refractivity contribution < 1.29 is 51.0 Å². The zero-order valence-corrected chi connectivity index (χ0v) is 31.6. The molecule has 0 amide bonds. The molecule has 0 N–H and O–H groups in total. The van der Waals surface area contributed by atoms with Crippen LogP contribution in [0.15, 0.2) is 124 Å². The molecule has 4 aliphatic rings. The van der Waals surface area contributed by atoms with E-state index in [1.807, 2.05) is 6.07 Å². The van der Waals surface area contributed by atoms with Crippen LogP contribution in [0.25, 0.3) is 22.2 Å². The SMILES string of the molecule is Brc1ccc2c3c1C([C-]=C3)c1ccc(cc1)N2c1csc2ccccc12.Brc1cccc2c1C(c1ccccc1)[C-]=C2.[Cl-].[Cl-].[Zr+4]. The van der Waals surface area contributed by atoms with Gasteiger partial charge in [-0.3, -0.25) is 12.2 Å². The second kappa shape index (κ2) is 14.3. The topological polar surface area (TPSA) is 3.24 Å². The summed E-state index contributed by atoms with van der Waals surface area (Å²) in [5, 5.41) is 3.56. The van der Waals surface area contributed by atoms with Gasteiger partial charge >= 0.3 is 26.2 Å². The van der Waals surface area contributed by atoms with E-state index < -0.39 is 0 Å². The van der Waals surface area contributed by atoms with Gasteiger partial charge in [-0.2, -0.15) is 5.56 Å². The Kier molecular flexibility index (Phi) is 10.8. The number of hydrogen-bond acceptors (Lipinski definition) is 2. The first-order valence-corrected chi connectivity index (χ1v) is 16.3. The minimum absolute atomic E-state index is 0. The Hall–Kier alpha value is -2.24. The average molecular weight is 848 g/mol. The van der Waals surface area contributed by atoms with Gasteiger partial charge in [0.1, 0.15) is 0 Å². The van der Waals surface area contributed by atoms with Crippen LogP contribution in [0, 0.1) is 12.2 Å². The van der Waals surface area contributed by atoms with Crippen LogP contribution in [-0.4, -0.2) is 0 Å². The van der Waals surface area contributed by atoms with Crippen LogP contribution in [0.1, 0.15) is 45.2 Å². The maximum atomic E-state index is 3.78. The molecule has 7 heteroatoms. The van der Waals surface area contributed by atoms with Gasteiger partial charge in [-0.15, -0.1) is 34.1 Å². The summed E-state index contributed by atoms with van der Waals surface area (Å²) in [6.07, 6.45) is 11.2. The minimum atomic E-state index is 0. The molecule has 2 aliphatic heterocycles. The fourth-order valence-electron chi connectivity index (χ4n) is 6.26. The molecule has 10 rings (SSSR count). The van der Waals surface area contributed by atoms with Crippen LogP contribution in [0.2, 0.25) is 0 Å². The Morgan fingerprint density at radius 1 is 0.600 bits per heavy atom. The summed E-state index contributed by atoms with van der Waals surface area (Å²) >= 11 is 9.20. The quantitative estimate of drug-likeness (QED) is 0.199. The molecule has 0 saturated carbocycles. The van der Waals surface area contributed by atoms with Crippen LogP contribution in [0.3, 0.4) is 0 Å². The van der Waals surface area contributed by atoms with Crippen molar-refractivity contribution in [3.8, 4) is 0 Å². The van der Waals surface area contributed by atoms with Crippen molar-refractivity contribution in [1.82, 2.24) is 0 Å². The van der Waals surface area contributed by atoms with E-state index in [0.29, 0.717) is 0 Å². The molecule has 2 unspecified atom stereocenters. The second-order valence-corrected chi connectivity index (χ2v) is 13.2. The molecule has 218 valence electrons. The molecule has 3 heterocycles. The summed E-state index contributed by atoms with van der Waals surface area (Å²) in [4.78, 5) is 2.39. The van der Waals surface area contributed by atoms with Gasteiger partial charge < -0.3 is 29.7 Å². The number of halogens is 4. The van der Waals surface area contributed by atoms with Crippen molar-refractivity contribution in [2.75, 3.05) is 4.90 Å². The van der Waals surface area contributed by atoms with Gasteiger partial charge in [-0.05, 0) is 30.0 Å². The molecular formula is C38H23Br2Cl2NSZr. The van der Waals surface area contributed by atoms with E-state index in [0.717, 1.165) is 4.47 Å². The maximum absolute atomic E-state index is 3.78. The number of hydrogen-bond donors (Lipinski definition) is 0.